The van der Waals surface area contributed by atoms with E-state index in [-0.39, 0.29) is 0 Å². The Morgan fingerprint density at radius 1 is 0.955 bits per heavy atom. The van der Waals surface area contributed by atoms with Gasteiger partial charge in [-0.3, -0.25) is 9.78 Å². The summed E-state index contributed by atoms with van der Waals surface area (Å²) >= 11 is 0. The molecule has 0 aliphatic heterocycles. The molecule has 0 amide bonds. The van der Waals surface area contributed by atoms with E-state index in [4.69, 9.17) is 4.74 Å². The molecule has 4 nitrogen and oxygen atoms in total. The highest BCUT2D eigenvalue weighted by molar-refractivity contribution is 5.78. The van der Waals surface area contributed by atoms with E-state index < -0.39 is 0 Å². The summed E-state index contributed by atoms with van der Waals surface area (Å²) in [5.41, 5.74) is 3.39. The third kappa shape index (κ3) is 3.35. The van der Waals surface area contributed by atoms with Crippen molar-refractivity contribution in [3.8, 4) is 17.0 Å². The minimum Gasteiger partial charge on any atom is -0.471 e. The Morgan fingerprint density at radius 3 is 2.64 bits per heavy atom. The van der Waals surface area contributed by atoms with Crippen LogP contribution in [0.15, 0.2) is 67.0 Å². The van der Waals surface area contributed by atoms with Gasteiger partial charge in [-0.25, -0.2) is 4.98 Å². The lowest BCUT2D eigenvalue weighted by atomic mass is 10.1. The van der Waals surface area contributed by atoms with Crippen molar-refractivity contribution in [2.24, 2.45) is 0 Å². The summed E-state index contributed by atoms with van der Waals surface area (Å²) in [7, 11) is 0. The molecular formula is C18H14N2O2. The van der Waals surface area contributed by atoms with Gasteiger partial charge in [-0.1, -0.05) is 24.3 Å². The van der Waals surface area contributed by atoms with E-state index in [1.807, 2.05) is 48.5 Å². The Kier molecular flexibility index (Phi) is 4.20. The Balaban J connectivity index is 1.71. The van der Waals surface area contributed by atoms with E-state index in [2.05, 4.69) is 9.97 Å². The van der Waals surface area contributed by atoms with Gasteiger partial charge in [-0.15, -0.1) is 0 Å². The number of pyridine rings is 2. The minimum atomic E-state index is 0.383. The molecule has 0 radical (unpaired) electrons. The number of aldehydes is 1. The molecule has 22 heavy (non-hydrogen) atoms. The van der Waals surface area contributed by atoms with Gasteiger partial charge in [0.15, 0.2) is 0 Å². The quantitative estimate of drug-likeness (QED) is 0.674. The van der Waals surface area contributed by atoms with Gasteiger partial charge in [0, 0.05) is 29.6 Å². The maximum atomic E-state index is 10.8. The van der Waals surface area contributed by atoms with Gasteiger partial charge in [-0.05, 0) is 29.8 Å². The first-order valence-electron chi connectivity index (χ1n) is 6.89. The fourth-order valence-corrected chi connectivity index (χ4v) is 2.06. The summed E-state index contributed by atoms with van der Waals surface area (Å²) in [5, 5.41) is 0. The SMILES string of the molecule is O=Cc1cccc(-c2ccc(OCc3ccccn3)nc2)c1. The third-order valence-electron chi connectivity index (χ3n) is 3.19. The second kappa shape index (κ2) is 6.63. The van der Waals surface area contributed by atoms with E-state index in [9.17, 15) is 4.79 Å². The summed E-state index contributed by atoms with van der Waals surface area (Å²) in [6.07, 6.45) is 4.30. The molecule has 0 unspecified atom stereocenters. The predicted octanol–water partition coefficient (Wildman–Crippen LogP) is 3.54. The van der Waals surface area contributed by atoms with Crippen LogP contribution in [0, 0.1) is 0 Å². The molecule has 2 heterocycles. The van der Waals surface area contributed by atoms with Gasteiger partial charge in [0.1, 0.15) is 12.9 Å². The smallest absolute Gasteiger partial charge is 0.213 e. The topological polar surface area (TPSA) is 52.1 Å². The number of nitrogens with zero attached hydrogens (tertiary/aromatic N) is 2. The highest BCUT2D eigenvalue weighted by atomic mass is 16.5. The minimum absolute atomic E-state index is 0.383. The molecule has 2 aromatic heterocycles. The van der Waals surface area contributed by atoms with Crippen LogP contribution in [-0.4, -0.2) is 16.3 Å². The summed E-state index contributed by atoms with van der Waals surface area (Å²) in [5.74, 6) is 0.543. The molecule has 0 spiro atoms. The maximum absolute atomic E-state index is 10.8. The monoisotopic (exact) mass is 290 g/mol. The predicted molar refractivity (Wildman–Crippen MR) is 83.6 cm³/mol. The lowest BCUT2D eigenvalue weighted by molar-refractivity contribution is 0.112. The van der Waals surface area contributed by atoms with E-state index in [1.54, 1.807) is 18.5 Å². The van der Waals surface area contributed by atoms with Gasteiger partial charge in [0.2, 0.25) is 5.88 Å². The van der Waals surface area contributed by atoms with E-state index in [0.717, 1.165) is 23.1 Å². The maximum Gasteiger partial charge on any atom is 0.213 e. The molecule has 3 aromatic rings. The van der Waals surface area contributed by atoms with Crippen molar-refractivity contribution in [2.45, 2.75) is 6.61 Å². The number of aromatic nitrogens is 2. The lowest BCUT2D eigenvalue weighted by Crippen LogP contribution is -1.98. The highest BCUT2D eigenvalue weighted by Gasteiger charge is 2.02. The summed E-state index contributed by atoms with van der Waals surface area (Å²) < 4.78 is 5.60. The van der Waals surface area contributed by atoms with Crippen molar-refractivity contribution in [2.75, 3.05) is 0 Å². The van der Waals surface area contributed by atoms with Crippen LogP contribution in [-0.2, 0) is 6.61 Å². The summed E-state index contributed by atoms with van der Waals surface area (Å²) in [4.78, 5) is 19.3. The van der Waals surface area contributed by atoms with Gasteiger partial charge >= 0.3 is 0 Å². The lowest BCUT2D eigenvalue weighted by Gasteiger charge is -2.06. The number of carbonyl (C=O) groups is 1. The molecule has 108 valence electrons. The number of hydrogen-bond acceptors (Lipinski definition) is 4. The molecule has 0 bridgehead atoms. The second-order valence-corrected chi connectivity index (χ2v) is 4.74. The fourth-order valence-electron chi connectivity index (χ4n) is 2.06. The molecule has 0 aliphatic rings. The van der Waals surface area contributed by atoms with Crippen LogP contribution in [0.2, 0.25) is 0 Å². The number of hydrogen-bond donors (Lipinski definition) is 0. The molecule has 0 saturated carbocycles. The largest absolute Gasteiger partial charge is 0.471 e. The Bertz CT molecular complexity index is 756. The Labute approximate surface area is 128 Å². The first-order chi connectivity index (χ1) is 10.8. The molecule has 0 aliphatic carbocycles. The van der Waals surface area contributed by atoms with Crippen molar-refractivity contribution in [1.82, 2.24) is 9.97 Å². The van der Waals surface area contributed by atoms with E-state index in [0.29, 0.717) is 18.1 Å². The van der Waals surface area contributed by atoms with Crippen LogP contribution in [0.3, 0.4) is 0 Å². The average molecular weight is 290 g/mol. The number of rotatable bonds is 5. The first kappa shape index (κ1) is 13.9. The summed E-state index contributed by atoms with van der Waals surface area (Å²) in [6.45, 7) is 0.383. The zero-order valence-corrected chi connectivity index (χ0v) is 11.8. The van der Waals surface area contributed by atoms with Crippen molar-refractivity contribution < 1.29 is 9.53 Å². The van der Waals surface area contributed by atoms with Gasteiger partial charge in [0.05, 0.1) is 5.69 Å². The molecule has 0 fully saturated rings. The normalized spacial score (nSPS) is 10.2. The van der Waals surface area contributed by atoms with E-state index >= 15 is 0 Å². The molecule has 0 saturated heterocycles. The Morgan fingerprint density at radius 2 is 1.91 bits per heavy atom. The van der Waals surface area contributed by atoms with Crippen molar-refractivity contribution in [3.05, 3.63) is 78.2 Å². The van der Waals surface area contributed by atoms with Crippen LogP contribution >= 0.6 is 0 Å². The van der Waals surface area contributed by atoms with Gasteiger partial charge in [0.25, 0.3) is 0 Å². The molecule has 3 rings (SSSR count). The van der Waals surface area contributed by atoms with E-state index in [1.165, 1.54) is 0 Å². The number of carbonyl (C=O) groups excluding carboxylic acids is 1. The molecule has 0 atom stereocenters. The fraction of sp³-hybridized carbons (Fsp3) is 0.0556. The zero-order chi connectivity index (χ0) is 15.2. The number of ether oxygens (including phenoxy) is 1. The molecular weight excluding hydrogens is 276 g/mol. The Hall–Kier alpha value is -3.01. The second-order valence-electron chi connectivity index (χ2n) is 4.74. The van der Waals surface area contributed by atoms with Crippen molar-refractivity contribution in [1.29, 1.82) is 0 Å². The summed E-state index contributed by atoms with van der Waals surface area (Å²) in [6, 6.07) is 16.8. The van der Waals surface area contributed by atoms with Crippen LogP contribution in [0.1, 0.15) is 16.1 Å². The zero-order valence-electron chi connectivity index (χ0n) is 11.8. The van der Waals surface area contributed by atoms with Gasteiger partial charge in [-0.2, -0.15) is 0 Å². The third-order valence-corrected chi connectivity index (χ3v) is 3.19. The van der Waals surface area contributed by atoms with Crippen LogP contribution in [0.4, 0.5) is 0 Å². The molecule has 0 N–H and O–H groups in total. The molecule has 4 heteroatoms. The standard InChI is InChI=1S/C18H14N2O2/c21-12-14-4-3-5-15(10-14)16-7-8-18(20-11-16)22-13-17-6-1-2-9-19-17/h1-12H,13H2. The average Bonchev–Trinajstić information content (AvgIpc) is 2.61. The first-order valence-corrected chi connectivity index (χ1v) is 6.89. The van der Waals surface area contributed by atoms with Crippen molar-refractivity contribution in [3.63, 3.8) is 0 Å². The van der Waals surface area contributed by atoms with Gasteiger partial charge < -0.3 is 4.74 Å². The van der Waals surface area contributed by atoms with Crippen molar-refractivity contribution >= 4 is 6.29 Å². The van der Waals surface area contributed by atoms with Crippen LogP contribution in [0.5, 0.6) is 5.88 Å². The highest BCUT2D eigenvalue weighted by Crippen LogP contribution is 2.21. The number of benzene rings is 1. The molecule has 1 aromatic carbocycles. The van der Waals surface area contributed by atoms with Crippen LogP contribution < -0.4 is 4.74 Å². The van der Waals surface area contributed by atoms with Crippen LogP contribution in [0.25, 0.3) is 11.1 Å².